The lowest BCUT2D eigenvalue weighted by Gasteiger charge is -1.98. The number of nitrogen functional groups attached to an aromatic ring is 2. The maximum Gasteiger partial charge on any atom is 0.522 e. The van der Waals surface area contributed by atoms with Gasteiger partial charge < -0.3 is 11.5 Å². The number of anilines is 2. The fraction of sp³-hybridized carbons (Fsp3) is 0.0833. The number of aromatic nitrogens is 1. The molecule has 2 rings (SSSR count). The van der Waals surface area contributed by atoms with E-state index in [9.17, 15) is 13.2 Å². The number of nitrogens with zero attached hydrogens (tertiary/aromatic N) is 3. The average Bonchev–Trinajstić information content (AvgIpc) is 2.46. The highest BCUT2D eigenvalue weighted by atomic mass is 35.5. The third-order valence-electron chi connectivity index (χ3n) is 2.25. The Morgan fingerprint density at radius 1 is 1.00 bits per heavy atom. The molecule has 1 heterocycles. The Kier molecular flexibility index (Phi) is 8.26. The number of benzene rings is 1. The van der Waals surface area contributed by atoms with E-state index in [2.05, 4.69) is 15.2 Å². The van der Waals surface area contributed by atoms with Gasteiger partial charge in [0.25, 0.3) is 0 Å². The number of halogens is 4. The number of azo groups is 1. The molecule has 13 heteroatoms. The van der Waals surface area contributed by atoms with Crippen LogP contribution in [0.15, 0.2) is 52.7 Å². The van der Waals surface area contributed by atoms with Crippen LogP contribution in [0.25, 0.3) is 0 Å². The molecule has 0 aliphatic heterocycles. The van der Waals surface area contributed by atoms with E-state index in [4.69, 9.17) is 24.4 Å². The van der Waals surface area contributed by atoms with E-state index in [0.717, 1.165) is 5.69 Å². The normalized spacial score (nSPS) is 11.4. The van der Waals surface area contributed by atoms with E-state index in [1.807, 2.05) is 30.3 Å². The number of pyridine rings is 1. The quantitative estimate of drug-likeness (QED) is 0.400. The molecule has 1 aromatic carbocycles. The van der Waals surface area contributed by atoms with Crippen molar-refractivity contribution in [2.24, 2.45) is 10.2 Å². The molecule has 0 aliphatic rings. The van der Waals surface area contributed by atoms with E-state index < -0.39 is 15.6 Å². The van der Waals surface area contributed by atoms with Gasteiger partial charge in [-0.1, -0.05) is 18.2 Å². The molecule has 5 N–H and O–H groups in total. The molecule has 138 valence electrons. The van der Waals surface area contributed by atoms with Crippen molar-refractivity contribution >= 4 is 45.5 Å². The smallest absolute Gasteiger partial charge is 0.384 e. The van der Waals surface area contributed by atoms with Gasteiger partial charge >= 0.3 is 15.6 Å². The van der Waals surface area contributed by atoms with E-state index in [0.29, 0.717) is 11.5 Å². The van der Waals surface area contributed by atoms with Gasteiger partial charge in [-0.25, -0.2) is 4.98 Å². The maximum atomic E-state index is 10.7. The molecule has 0 fully saturated rings. The van der Waals surface area contributed by atoms with E-state index in [1.54, 1.807) is 12.1 Å². The van der Waals surface area contributed by atoms with Crippen LogP contribution < -0.4 is 11.5 Å². The first kappa shape index (κ1) is 22.6. The Balaban J connectivity index is 0.000000552. The van der Waals surface area contributed by atoms with Crippen molar-refractivity contribution in [3.8, 4) is 0 Å². The summed E-state index contributed by atoms with van der Waals surface area (Å²) in [6.07, 6.45) is 0. The zero-order chi connectivity index (χ0) is 18.4. The Morgan fingerprint density at radius 2 is 1.52 bits per heavy atom. The number of nitrogens with two attached hydrogens (primary N) is 2. The van der Waals surface area contributed by atoms with Crippen molar-refractivity contribution in [1.82, 2.24) is 4.98 Å². The molecule has 25 heavy (non-hydrogen) atoms. The Hall–Kier alpha value is -2.44. The molecule has 0 saturated heterocycles. The fourth-order valence-electron chi connectivity index (χ4n) is 1.17. The topological polar surface area (TPSA) is 144 Å². The standard InChI is InChI=1S/C11H11N5.CHF3O3S.ClH/c12-10-7-6-9(11(13)14-10)16-15-8-4-2-1-3-5-8;2-1(3,4)8(5,6)7;/h1-7H,(H4,12,13,14);(H,5,6,7);1H. The van der Waals surface area contributed by atoms with Crippen LogP contribution in [0.2, 0.25) is 0 Å². The third kappa shape index (κ3) is 7.78. The number of alkyl halides is 3. The summed E-state index contributed by atoms with van der Waals surface area (Å²) in [6, 6.07) is 12.7. The lowest BCUT2D eigenvalue weighted by Crippen LogP contribution is -2.21. The summed E-state index contributed by atoms with van der Waals surface area (Å²) in [5.74, 6) is 0.649. The predicted molar refractivity (Wildman–Crippen MR) is 88.5 cm³/mol. The molecule has 0 radical (unpaired) electrons. The Morgan fingerprint density at radius 3 is 1.96 bits per heavy atom. The molecule has 0 saturated carbocycles. The lowest BCUT2D eigenvalue weighted by atomic mass is 10.3. The van der Waals surface area contributed by atoms with Crippen LogP contribution in [0.3, 0.4) is 0 Å². The average molecular weight is 400 g/mol. The van der Waals surface area contributed by atoms with Crippen molar-refractivity contribution in [1.29, 1.82) is 0 Å². The van der Waals surface area contributed by atoms with Gasteiger partial charge in [0.05, 0.1) is 5.69 Å². The summed E-state index contributed by atoms with van der Waals surface area (Å²) in [5.41, 5.74) is 6.85. The zero-order valence-electron chi connectivity index (χ0n) is 12.3. The van der Waals surface area contributed by atoms with Crippen LogP contribution in [0, 0.1) is 0 Å². The van der Waals surface area contributed by atoms with Crippen LogP contribution >= 0.6 is 12.4 Å². The van der Waals surface area contributed by atoms with Gasteiger partial charge in [0, 0.05) is 0 Å². The molecule has 0 bridgehead atoms. The largest absolute Gasteiger partial charge is 0.522 e. The minimum Gasteiger partial charge on any atom is -0.384 e. The molecule has 0 unspecified atom stereocenters. The number of hydrogen-bond donors (Lipinski definition) is 3. The van der Waals surface area contributed by atoms with Crippen molar-refractivity contribution < 1.29 is 26.1 Å². The monoisotopic (exact) mass is 399 g/mol. The van der Waals surface area contributed by atoms with E-state index in [-0.39, 0.29) is 18.2 Å². The van der Waals surface area contributed by atoms with Gasteiger partial charge in [0.2, 0.25) is 0 Å². The Bertz CT molecular complexity index is 816. The SMILES string of the molecule is Cl.Nc1ccc(N=Nc2ccccc2)c(N)n1.O=S(=O)(O)C(F)(F)F. The van der Waals surface area contributed by atoms with Crippen LogP contribution in [0.4, 0.5) is 36.2 Å². The first-order valence-electron chi connectivity index (χ1n) is 6.03. The number of hydrogen-bond acceptors (Lipinski definition) is 7. The molecular weight excluding hydrogens is 387 g/mol. The summed E-state index contributed by atoms with van der Waals surface area (Å²) in [5, 5.41) is 8.03. The molecule has 2 aromatic rings. The number of rotatable bonds is 2. The fourth-order valence-corrected chi connectivity index (χ4v) is 1.17. The van der Waals surface area contributed by atoms with Crippen LogP contribution in [-0.4, -0.2) is 23.5 Å². The highest BCUT2D eigenvalue weighted by Gasteiger charge is 2.44. The highest BCUT2D eigenvalue weighted by Crippen LogP contribution is 2.23. The van der Waals surface area contributed by atoms with Crippen molar-refractivity contribution in [2.75, 3.05) is 11.5 Å². The van der Waals surface area contributed by atoms with Gasteiger partial charge in [-0.05, 0) is 24.3 Å². The first-order valence-corrected chi connectivity index (χ1v) is 7.47. The van der Waals surface area contributed by atoms with Gasteiger partial charge in [0.15, 0.2) is 5.82 Å². The molecule has 0 aliphatic carbocycles. The van der Waals surface area contributed by atoms with Crippen LogP contribution in [0.1, 0.15) is 0 Å². The summed E-state index contributed by atoms with van der Waals surface area (Å²) >= 11 is 0. The molecule has 0 amide bonds. The molecule has 8 nitrogen and oxygen atoms in total. The maximum absolute atomic E-state index is 10.7. The lowest BCUT2D eigenvalue weighted by molar-refractivity contribution is -0.0510. The van der Waals surface area contributed by atoms with E-state index in [1.165, 1.54) is 0 Å². The second-order valence-electron chi connectivity index (χ2n) is 4.10. The minimum absolute atomic E-state index is 0. The highest BCUT2D eigenvalue weighted by molar-refractivity contribution is 7.86. The van der Waals surface area contributed by atoms with Crippen molar-refractivity contribution in [3.05, 3.63) is 42.5 Å². The zero-order valence-corrected chi connectivity index (χ0v) is 13.9. The van der Waals surface area contributed by atoms with Gasteiger partial charge in [-0.3, -0.25) is 4.55 Å². The molecule has 0 atom stereocenters. The summed E-state index contributed by atoms with van der Waals surface area (Å²) in [6.45, 7) is 0. The predicted octanol–water partition coefficient (Wildman–Crippen LogP) is 3.48. The van der Waals surface area contributed by atoms with Gasteiger partial charge in [0.1, 0.15) is 11.5 Å². The molecule has 1 aromatic heterocycles. The Labute approximate surface area is 146 Å². The molecular formula is C12H13ClF3N5O3S. The second kappa shape index (κ2) is 9.15. The summed E-state index contributed by atoms with van der Waals surface area (Å²) < 4.78 is 57.5. The van der Waals surface area contributed by atoms with E-state index >= 15 is 0 Å². The van der Waals surface area contributed by atoms with Crippen molar-refractivity contribution in [3.63, 3.8) is 0 Å². The van der Waals surface area contributed by atoms with Crippen molar-refractivity contribution in [2.45, 2.75) is 5.51 Å². The van der Waals surface area contributed by atoms with Crippen LogP contribution in [-0.2, 0) is 10.1 Å². The second-order valence-corrected chi connectivity index (χ2v) is 5.51. The third-order valence-corrected chi connectivity index (χ3v) is 2.83. The minimum atomic E-state index is -5.84. The summed E-state index contributed by atoms with van der Waals surface area (Å²) in [4.78, 5) is 3.89. The van der Waals surface area contributed by atoms with Gasteiger partial charge in [-0.2, -0.15) is 26.7 Å². The van der Waals surface area contributed by atoms with Gasteiger partial charge in [-0.15, -0.1) is 17.5 Å². The summed E-state index contributed by atoms with van der Waals surface area (Å²) in [7, 11) is -5.84. The van der Waals surface area contributed by atoms with Crippen LogP contribution in [0.5, 0.6) is 0 Å². The first-order chi connectivity index (χ1) is 11.0. The molecule has 0 spiro atoms.